The monoisotopic (exact) mass is 569 g/mol. The van der Waals surface area contributed by atoms with E-state index in [1.54, 1.807) is 30.9 Å². The highest BCUT2D eigenvalue weighted by Crippen LogP contribution is 2.50. The van der Waals surface area contributed by atoms with Gasteiger partial charge in [-0.3, -0.25) is 19.3 Å². The predicted octanol–water partition coefficient (Wildman–Crippen LogP) is 3.14. The lowest BCUT2D eigenvalue weighted by Crippen LogP contribution is -2.75. The third kappa shape index (κ3) is 4.53. The Morgan fingerprint density at radius 3 is 2.57 bits per heavy atom. The average Bonchev–Trinajstić information content (AvgIpc) is 3.53. The Labute approximate surface area is 244 Å². The molecule has 2 saturated heterocycles. The fourth-order valence-electron chi connectivity index (χ4n) is 6.72. The Balaban J connectivity index is 1.23. The summed E-state index contributed by atoms with van der Waals surface area (Å²) in [7, 11) is 0. The molecule has 2 fully saturated rings. The van der Waals surface area contributed by atoms with E-state index in [-0.39, 0.29) is 36.4 Å². The zero-order chi connectivity index (χ0) is 29.8. The number of hydrogen-bond donors (Lipinski definition) is 3. The van der Waals surface area contributed by atoms with Crippen LogP contribution in [0.5, 0.6) is 5.75 Å². The molecule has 0 spiro atoms. The van der Waals surface area contributed by atoms with Crippen LogP contribution < -0.4 is 5.32 Å². The summed E-state index contributed by atoms with van der Waals surface area (Å²) in [5.74, 6) is -1.43. The molecule has 9 nitrogen and oxygen atoms in total. The Morgan fingerprint density at radius 2 is 1.81 bits per heavy atom. The van der Waals surface area contributed by atoms with Crippen LogP contribution in [0.4, 0.5) is 0 Å². The molecule has 3 aliphatic rings. The van der Waals surface area contributed by atoms with Crippen molar-refractivity contribution in [3.63, 3.8) is 0 Å². The molecule has 0 aromatic heterocycles. The minimum absolute atomic E-state index is 0.0113. The molecule has 6 rings (SSSR count). The number of aromatic hydroxyl groups is 1. The van der Waals surface area contributed by atoms with Gasteiger partial charge in [-0.2, -0.15) is 0 Å². The lowest BCUT2D eigenvalue weighted by atomic mass is 9.87. The molecule has 1 aliphatic carbocycles. The second-order valence-corrected chi connectivity index (χ2v) is 11.7. The third-order valence-corrected chi connectivity index (χ3v) is 8.98. The lowest BCUT2D eigenvalue weighted by molar-refractivity contribution is -0.209. The first-order valence-electron chi connectivity index (χ1n) is 14.3. The molecule has 3 N–H and O–H groups in total. The number of nitrogens with zero attached hydrogens (tertiary/aromatic N) is 2. The van der Waals surface area contributed by atoms with Crippen molar-refractivity contribution in [2.75, 3.05) is 6.73 Å². The number of nitrogens with one attached hydrogen (secondary N) is 1. The van der Waals surface area contributed by atoms with E-state index < -0.39 is 35.7 Å². The zero-order valence-electron chi connectivity index (χ0n) is 23.9. The van der Waals surface area contributed by atoms with Gasteiger partial charge in [0.15, 0.2) is 17.9 Å². The van der Waals surface area contributed by atoms with E-state index in [4.69, 9.17) is 4.74 Å². The summed E-state index contributed by atoms with van der Waals surface area (Å²) in [6, 6.07) is 18.5. The number of fused-ring (bicyclic) bond motifs is 2. The summed E-state index contributed by atoms with van der Waals surface area (Å²) < 4.78 is 6.11. The second kappa shape index (κ2) is 10.6. The highest BCUT2D eigenvalue weighted by atomic mass is 16.6. The highest BCUT2D eigenvalue weighted by molar-refractivity contribution is 5.98. The minimum atomic E-state index is -1.65. The van der Waals surface area contributed by atoms with Gasteiger partial charge < -0.3 is 25.2 Å². The van der Waals surface area contributed by atoms with Crippen LogP contribution in [0.25, 0.3) is 0 Å². The summed E-state index contributed by atoms with van der Waals surface area (Å²) in [5.41, 5.74) is 3.46. The Bertz CT molecular complexity index is 1560. The number of ether oxygens (including phenoxy) is 1. The van der Waals surface area contributed by atoms with Crippen LogP contribution in [-0.2, 0) is 27.2 Å². The number of carbonyl (C=O) groups is 3. The van der Waals surface area contributed by atoms with Crippen molar-refractivity contribution in [2.45, 2.75) is 70.0 Å². The number of carbonyl (C=O) groups excluding carboxylic acids is 3. The molecule has 0 radical (unpaired) electrons. The van der Waals surface area contributed by atoms with E-state index >= 15 is 0 Å². The van der Waals surface area contributed by atoms with Gasteiger partial charge in [-0.1, -0.05) is 54.6 Å². The molecule has 5 atom stereocenters. The molecule has 2 unspecified atom stereocenters. The average molecular weight is 570 g/mol. The second-order valence-electron chi connectivity index (χ2n) is 11.7. The summed E-state index contributed by atoms with van der Waals surface area (Å²) in [5, 5.41) is 24.5. The van der Waals surface area contributed by atoms with E-state index in [0.717, 1.165) is 24.0 Å². The summed E-state index contributed by atoms with van der Waals surface area (Å²) >= 11 is 0. The van der Waals surface area contributed by atoms with E-state index in [9.17, 15) is 24.6 Å². The lowest BCUT2D eigenvalue weighted by Gasteiger charge is -2.54. The number of aliphatic hydroxyl groups excluding tert-OH is 1. The van der Waals surface area contributed by atoms with Crippen molar-refractivity contribution in [3.05, 3.63) is 100 Å². The van der Waals surface area contributed by atoms with Gasteiger partial charge in [0.25, 0.3) is 17.7 Å². The molecule has 0 bridgehead atoms. The quantitative estimate of drug-likeness (QED) is 0.376. The molecule has 2 aliphatic heterocycles. The molecule has 3 aromatic rings. The molecule has 42 heavy (non-hydrogen) atoms. The zero-order valence-corrected chi connectivity index (χ0v) is 23.9. The number of benzene rings is 3. The standard InChI is InChI=1S/C33H35N3O6/c1-19-15-24(20(2)27(37)16-19)30(39)34-25(17-21-9-5-4-6-10-21)28(38)31(40)35-18-42-33(3)29(35)32(41)36(33)26-14-13-22-11-7-8-12-23(22)26/h4-12,15-16,25-26,28-29,37-38H,13-14,17-18H2,1-3H3,(H,34,39)/t25-,26?,28-,29+,33?/m0/s1. The number of rotatable bonds is 7. The van der Waals surface area contributed by atoms with Crippen molar-refractivity contribution in [2.24, 2.45) is 0 Å². The van der Waals surface area contributed by atoms with Crippen LogP contribution in [0.2, 0.25) is 0 Å². The molecule has 9 heteroatoms. The van der Waals surface area contributed by atoms with Crippen LogP contribution in [0.15, 0.2) is 66.7 Å². The van der Waals surface area contributed by atoms with Gasteiger partial charge in [0.2, 0.25) is 0 Å². The van der Waals surface area contributed by atoms with E-state index in [1.165, 1.54) is 10.5 Å². The van der Waals surface area contributed by atoms with Gasteiger partial charge in [0, 0.05) is 11.1 Å². The summed E-state index contributed by atoms with van der Waals surface area (Å²) in [6.07, 6.45) is 0.178. The number of amides is 3. The first kappa shape index (κ1) is 27.9. The van der Waals surface area contributed by atoms with Gasteiger partial charge in [0.05, 0.1) is 12.1 Å². The number of aryl methyl sites for hydroxylation is 2. The van der Waals surface area contributed by atoms with Crippen LogP contribution in [0.1, 0.15) is 57.6 Å². The number of phenols is 1. The van der Waals surface area contributed by atoms with Crippen LogP contribution >= 0.6 is 0 Å². The van der Waals surface area contributed by atoms with Gasteiger partial charge in [0.1, 0.15) is 12.5 Å². The Morgan fingerprint density at radius 1 is 1.10 bits per heavy atom. The number of likely N-dealkylation sites (tertiary alicyclic amines) is 1. The van der Waals surface area contributed by atoms with Crippen molar-refractivity contribution in [1.29, 1.82) is 0 Å². The molecule has 3 aromatic carbocycles. The first-order valence-corrected chi connectivity index (χ1v) is 14.3. The fourth-order valence-corrected chi connectivity index (χ4v) is 6.72. The van der Waals surface area contributed by atoms with Gasteiger partial charge in [-0.15, -0.1) is 0 Å². The van der Waals surface area contributed by atoms with Crippen molar-refractivity contribution >= 4 is 17.7 Å². The molecule has 3 amide bonds. The van der Waals surface area contributed by atoms with Crippen molar-refractivity contribution in [3.8, 4) is 5.75 Å². The summed E-state index contributed by atoms with van der Waals surface area (Å²) in [6.45, 7) is 5.07. The Kier molecular flexibility index (Phi) is 7.03. The predicted molar refractivity (Wildman–Crippen MR) is 154 cm³/mol. The number of aliphatic hydroxyl groups is 1. The van der Waals surface area contributed by atoms with Gasteiger partial charge >= 0.3 is 0 Å². The largest absolute Gasteiger partial charge is 0.508 e. The normalized spacial score (nSPS) is 24.0. The van der Waals surface area contributed by atoms with E-state index in [0.29, 0.717) is 11.1 Å². The fraction of sp³-hybridized carbons (Fsp3) is 0.364. The first-order chi connectivity index (χ1) is 20.1. The number of β-lactam (4-membered cyclic amide) rings is 1. The minimum Gasteiger partial charge on any atom is -0.508 e. The molecule has 2 heterocycles. The van der Waals surface area contributed by atoms with Crippen LogP contribution in [0, 0.1) is 13.8 Å². The van der Waals surface area contributed by atoms with Crippen LogP contribution in [0.3, 0.4) is 0 Å². The third-order valence-electron chi connectivity index (χ3n) is 8.98. The van der Waals surface area contributed by atoms with E-state index in [1.807, 2.05) is 55.5 Å². The van der Waals surface area contributed by atoms with Crippen molar-refractivity contribution in [1.82, 2.24) is 15.1 Å². The van der Waals surface area contributed by atoms with Crippen LogP contribution in [-0.4, -0.2) is 68.4 Å². The Hall–Kier alpha value is -4.21. The smallest absolute Gasteiger partial charge is 0.256 e. The molecular formula is C33H35N3O6. The highest BCUT2D eigenvalue weighted by Gasteiger charge is 2.68. The molecule has 218 valence electrons. The van der Waals surface area contributed by atoms with Gasteiger partial charge in [-0.25, -0.2) is 0 Å². The van der Waals surface area contributed by atoms with Crippen molar-refractivity contribution < 1.29 is 29.3 Å². The van der Waals surface area contributed by atoms with E-state index in [2.05, 4.69) is 11.4 Å². The topological polar surface area (TPSA) is 119 Å². The maximum atomic E-state index is 13.8. The SMILES string of the molecule is Cc1cc(O)c(C)c(C(=O)N[C@@H](Cc2ccccc2)[C@H](O)C(=O)N2COC3(C)[C@H]2C(=O)N3C2CCc3ccccc32)c1. The molecular weight excluding hydrogens is 534 g/mol. The number of hydrogen-bond acceptors (Lipinski definition) is 6. The maximum absolute atomic E-state index is 13.8. The maximum Gasteiger partial charge on any atom is 0.256 e. The molecule has 0 saturated carbocycles. The number of phenolic OH excluding ortho intramolecular Hbond substituents is 1. The van der Waals surface area contributed by atoms with Gasteiger partial charge in [-0.05, 0) is 74.4 Å². The summed E-state index contributed by atoms with van der Waals surface area (Å²) in [4.78, 5) is 43.8.